The second-order valence-corrected chi connectivity index (χ2v) is 3.09. The first-order valence-corrected chi connectivity index (χ1v) is 3.82. The molecule has 2 unspecified atom stereocenters. The molecule has 0 aromatic rings. The molecule has 1 aliphatic carbocycles. The lowest BCUT2D eigenvalue weighted by Gasteiger charge is -2.46. The lowest BCUT2D eigenvalue weighted by atomic mass is 9.67. The largest absolute Gasteiger partial charge is 0.373 e. The summed E-state index contributed by atoms with van der Waals surface area (Å²) in [5.74, 6) is 0.151. The Morgan fingerprint density at radius 3 is 3.09 bits per heavy atom. The van der Waals surface area contributed by atoms with E-state index in [9.17, 15) is 4.79 Å². The zero-order chi connectivity index (χ0) is 7.90. The fraction of sp³-hybridized carbons (Fsp3) is 0.625. The van der Waals surface area contributed by atoms with E-state index in [1.165, 1.54) is 0 Å². The number of methoxy groups -OCH3 is 1. The van der Waals surface area contributed by atoms with Crippen LogP contribution in [-0.2, 0) is 9.53 Å². The van der Waals surface area contributed by atoms with Gasteiger partial charge in [0.25, 0.3) is 0 Å². The van der Waals surface area contributed by atoms with Crippen LogP contribution in [-0.4, -0.2) is 18.6 Å². The van der Waals surface area contributed by atoms with Crippen molar-refractivity contribution in [2.24, 2.45) is 5.92 Å². The number of carbonyl (C=O) groups excluding carboxylic acids is 1. The maximum absolute atomic E-state index is 11.2. The predicted octanol–water partition coefficient (Wildman–Crippen LogP) is 0.425. The zero-order valence-corrected chi connectivity index (χ0v) is 6.46. The van der Waals surface area contributed by atoms with Crippen LogP contribution >= 0.6 is 0 Å². The van der Waals surface area contributed by atoms with Crippen LogP contribution in [0.5, 0.6) is 0 Å². The van der Waals surface area contributed by atoms with Crippen LogP contribution in [0.15, 0.2) is 12.3 Å². The SMILES string of the molecule is COC12C=CNC(=O)C1CC2. The van der Waals surface area contributed by atoms with Gasteiger partial charge in [-0.2, -0.15) is 0 Å². The molecule has 3 nitrogen and oxygen atoms in total. The van der Waals surface area contributed by atoms with E-state index in [4.69, 9.17) is 4.74 Å². The van der Waals surface area contributed by atoms with Gasteiger partial charge in [0, 0.05) is 13.3 Å². The standard InChI is InChI=1S/C8H11NO2/c1-11-8-3-2-6(8)7(10)9-5-4-8/h4-6H,2-3H2,1H3,(H,9,10). The van der Waals surface area contributed by atoms with Crippen molar-refractivity contribution in [3.05, 3.63) is 12.3 Å². The number of nitrogens with one attached hydrogen (secondary N) is 1. The van der Waals surface area contributed by atoms with Crippen LogP contribution < -0.4 is 5.32 Å². The molecule has 0 radical (unpaired) electrons. The Bertz CT molecular complexity index is 220. The summed E-state index contributed by atoms with van der Waals surface area (Å²) >= 11 is 0. The molecule has 0 spiro atoms. The van der Waals surface area contributed by atoms with E-state index in [1.54, 1.807) is 13.3 Å². The van der Waals surface area contributed by atoms with E-state index in [-0.39, 0.29) is 17.4 Å². The van der Waals surface area contributed by atoms with Crippen molar-refractivity contribution < 1.29 is 9.53 Å². The smallest absolute Gasteiger partial charge is 0.230 e. The molecule has 1 fully saturated rings. The van der Waals surface area contributed by atoms with Gasteiger partial charge in [-0.3, -0.25) is 4.79 Å². The summed E-state index contributed by atoms with van der Waals surface area (Å²) in [5, 5.41) is 2.67. The Labute approximate surface area is 65.4 Å². The van der Waals surface area contributed by atoms with Gasteiger partial charge in [0.1, 0.15) is 0 Å². The molecule has 1 N–H and O–H groups in total. The molecule has 0 bridgehead atoms. The van der Waals surface area contributed by atoms with Gasteiger partial charge in [-0.05, 0) is 18.9 Å². The van der Waals surface area contributed by atoms with Gasteiger partial charge in [-0.25, -0.2) is 0 Å². The van der Waals surface area contributed by atoms with Gasteiger partial charge in [0.05, 0.1) is 11.5 Å². The van der Waals surface area contributed by atoms with E-state index >= 15 is 0 Å². The lowest BCUT2D eigenvalue weighted by Crippen LogP contribution is -2.56. The van der Waals surface area contributed by atoms with E-state index in [2.05, 4.69) is 5.32 Å². The molecule has 1 amide bonds. The highest BCUT2D eigenvalue weighted by Gasteiger charge is 2.50. The molecule has 60 valence electrons. The first kappa shape index (κ1) is 6.85. The Morgan fingerprint density at radius 1 is 1.82 bits per heavy atom. The maximum Gasteiger partial charge on any atom is 0.230 e. The summed E-state index contributed by atoms with van der Waals surface area (Å²) in [4.78, 5) is 11.2. The topological polar surface area (TPSA) is 38.3 Å². The summed E-state index contributed by atoms with van der Waals surface area (Å²) in [6.07, 6.45) is 5.55. The molecule has 0 saturated heterocycles. The molecule has 2 aliphatic rings. The van der Waals surface area contributed by atoms with Crippen LogP contribution in [0.25, 0.3) is 0 Å². The van der Waals surface area contributed by atoms with Crippen LogP contribution in [0.3, 0.4) is 0 Å². The third kappa shape index (κ3) is 0.744. The van der Waals surface area contributed by atoms with E-state index < -0.39 is 0 Å². The van der Waals surface area contributed by atoms with Crippen LogP contribution in [0.4, 0.5) is 0 Å². The first-order valence-electron chi connectivity index (χ1n) is 3.82. The zero-order valence-electron chi connectivity index (χ0n) is 6.46. The summed E-state index contributed by atoms with van der Waals surface area (Å²) in [7, 11) is 1.66. The Balaban J connectivity index is 2.27. The van der Waals surface area contributed by atoms with Gasteiger partial charge in [-0.15, -0.1) is 0 Å². The minimum absolute atomic E-state index is 0.0532. The van der Waals surface area contributed by atoms with Gasteiger partial charge in [0.2, 0.25) is 5.91 Å². The second kappa shape index (κ2) is 2.08. The molecule has 2 rings (SSSR count). The fourth-order valence-corrected chi connectivity index (χ4v) is 1.80. The van der Waals surface area contributed by atoms with Gasteiger partial charge in [-0.1, -0.05) is 0 Å². The molecule has 0 aromatic carbocycles. The molecule has 3 heteroatoms. The van der Waals surface area contributed by atoms with Crippen molar-refractivity contribution in [3.63, 3.8) is 0 Å². The summed E-state index contributed by atoms with van der Waals surface area (Å²) in [5.41, 5.74) is -0.262. The normalized spacial score (nSPS) is 40.8. The predicted molar refractivity (Wildman–Crippen MR) is 39.7 cm³/mol. The quantitative estimate of drug-likeness (QED) is 0.593. The maximum atomic E-state index is 11.2. The molecule has 0 aromatic heterocycles. The van der Waals surface area contributed by atoms with Crippen molar-refractivity contribution >= 4 is 5.91 Å². The van der Waals surface area contributed by atoms with E-state index in [1.807, 2.05) is 6.08 Å². The number of carbonyl (C=O) groups is 1. The summed E-state index contributed by atoms with van der Waals surface area (Å²) in [6, 6.07) is 0. The lowest BCUT2D eigenvalue weighted by molar-refractivity contribution is -0.147. The van der Waals surface area contributed by atoms with Crippen LogP contribution in [0, 0.1) is 5.92 Å². The second-order valence-electron chi connectivity index (χ2n) is 3.09. The van der Waals surface area contributed by atoms with E-state index in [0.29, 0.717) is 0 Å². The number of rotatable bonds is 1. The number of hydrogen-bond acceptors (Lipinski definition) is 2. The van der Waals surface area contributed by atoms with Crippen LogP contribution in [0.2, 0.25) is 0 Å². The fourth-order valence-electron chi connectivity index (χ4n) is 1.80. The molecule has 1 saturated carbocycles. The monoisotopic (exact) mass is 153 g/mol. The number of ether oxygens (including phenoxy) is 1. The summed E-state index contributed by atoms with van der Waals surface area (Å²) in [6.45, 7) is 0. The van der Waals surface area contributed by atoms with Crippen molar-refractivity contribution in [2.45, 2.75) is 18.4 Å². The molecule has 1 heterocycles. The van der Waals surface area contributed by atoms with Crippen molar-refractivity contribution in [1.29, 1.82) is 0 Å². The van der Waals surface area contributed by atoms with Crippen molar-refractivity contribution in [1.82, 2.24) is 5.32 Å². The molecular weight excluding hydrogens is 142 g/mol. The Morgan fingerprint density at radius 2 is 2.64 bits per heavy atom. The Hall–Kier alpha value is -0.830. The number of hydrogen-bond donors (Lipinski definition) is 1. The third-order valence-electron chi connectivity index (χ3n) is 2.70. The van der Waals surface area contributed by atoms with Crippen molar-refractivity contribution in [3.8, 4) is 0 Å². The molecular formula is C8H11NO2. The first-order chi connectivity index (χ1) is 5.28. The average molecular weight is 153 g/mol. The highest BCUT2D eigenvalue weighted by atomic mass is 16.5. The highest BCUT2D eigenvalue weighted by molar-refractivity contribution is 5.83. The minimum atomic E-state index is -0.262. The molecule has 11 heavy (non-hydrogen) atoms. The number of fused-ring (bicyclic) bond motifs is 1. The minimum Gasteiger partial charge on any atom is -0.373 e. The molecule has 1 aliphatic heterocycles. The van der Waals surface area contributed by atoms with Gasteiger partial charge >= 0.3 is 0 Å². The van der Waals surface area contributed by atoms with E-state index in [0.717, 1.165) is 12.8 Å². The Kier molecular flexibility index (Phi) is 1.29. The highest BCUT2D eigenvalue weighted by Crippen LogP contribution is 2.43. The summed E-state index contributed by atoms with van der Waals surface area (Å²) < 4.78 is 5.30. The average Bonchev–Trinajstić information content (AvgIpc) is 1.94. The van der Waals surface area contributed by atoms with Crippen LogP contribution in [0.1, 0.15) is 12.8 Å². The van der Waals surface area contributed by atoms with Crippen molar-refractivity contribution in [2.75, 3.05) is 7.11 Å². The van der Waals surface area contributed by atoms with Gasteiger partial charge < -0.3 is 10.1 Å². The third-order valence-corrected chi connectivity index (χ3v) is 2.70. The number of amides is 1. The van der Waals surface area contributed by atoms with Gasteiger partial charge in [0.15, 0.2) is 0 Å². The molecule has 2 atom stereocenters.